The molecule has 0 bridgehead atoms. The van der Waals surface area contributed by atoms with Crippen LogP contribution in [0.25, 0.3) is 0 Å². The highest BCUT2D eigenvalue weighted by atomic mass is 16.3. The van der Waals surface area contributed by atoms with Crippen molar-refractivity contribution in [2.75, 3.05) is 64.9 Å². The Balaban J connectivity index is 1.24. The predicted molar refractivity (Wildman–Crippen MR) is 142 cm³/mol. The van der Waals surface area contributed by atoms with Gasteiger partial charge >= 0.3 is 0 Å². The Kier molecular flexibility index (Phi) is 7.47. The van der Waals surface area contributed by atoms with Crippen molar-refractivity contribution in [1.82, 2.24) is 20.0 Å². The standard InChI is InChI=1S/C28H37N5O6/c1-30(16-28(17-35)8-9-28)24(37)14-32-10-19-12-33(13-20(19)11-32)21-5-3-4-18(15-34)25(21)27(39)31(2)22-6-7-23(36)29-26(22)38/h3-5,15,19-20,22,35H,6-14,16-17H2,1-2H3,(H,29,36,38). The van der Waals surface area contributed by atoms with E-state index in [9.17, 15) is 29.1 Å². The number of benzene rings is 1. The summed E-state index contributed by atoms with van der Waals surface area (Å²) in [5.74, 6) is -0.571. The van der Waals surface area contributed by atoms with Crippen LogP contribution in [0.2, 0.25) is 0 Å². The summed E-state index contributed by atoms with van der Waals surface area (Å²) in [4.78, 5) is 69.8. The third-order valence-electron chi connectivity index (χ3n) is 8.97. The van der Waals surface area contributed by atoms with E-state index in [1.54, 1.807) is 24.1 Å². The van der Waals surface area contributed by atoms with Gasteiger partial charge in [-0.25, -0.2) is 0 Å². The van der Waals surface area contributed by atoms with E-state index < -0.39 is 17.9 Å². The van der Waals surface area contributed by atoms with E-state index in [-0.39, 0.29) is 47.8 Å². The number of carbonyl (C=O) groups excluding carboxylic acids is 5. The Morgan fingerprint density at radius 2 is 1.82 bits per heavy atom. The van der Waals surface area contributed by atoms with E-state index in [0.29, 0.717) is 50.0 Å². The number of likely N-dealkylation sites (N-methyl/N-ethyl adjacent to an activating group) is 2. The molecule has 0 spiro atoms. The van der Waals surface area contributed by atoms with Gasteiger partial charge in [-0.15, -0.1) is 0 Å². The maximum absolute atomic E-state index is 13.6. The van der Waals surface area contributed by atoms with Gasteiger partial charge < -0.3 is 19.8 Å². The summed E-state index contributed by atoms with van der Waals surface area (Å²) in [6, 6.07) is 4.42. The minimum absolute atomic E-state index is 0.0645. The molecule has 11 nitrogen and oxygen atoms in total. The minimum Gasteiger partial charge on any atom is -0.396 e. The van der Waals surface area contributed by atoms with Crippen LogP contribution in [-0.2, 0) is 14.4 Å². The second kappa shape index (κ2) is 10.7. The normalized spacial score (nSPS) is 25.7. The lowest BCUT2D eigenvalue weighted by atomic mass is 10.0. The molecule has 4 fully saturated rings. The lowest BCUT2D eigenvalue weighted by molar-refractivity contribution is -0.136. The number of nitrogens with zero attached hydrogens (tertiary/aromatic N) is 4. The molecule has 1 aliphatic carbocycles. The van der Waals surface area contributed by atoms with Gasteiger partial charge in [0.15, 0.2) is 6.29 Å². The van der Waals surface area contributed by atoms with Crippen LogP contribution in [0.15, 0.2) is 18.2 Å². The lowest BCUT2D eigenvalue weighted by Crippen LogP contribution is -2.53. The van der Waals surface area contributed by atoms with Crippen molar-refractivity contribution < 1.29 is 29.1 Å². The number of amides is 4. The maximum Gasteiger partial charge on any atom is 0.257 e. The van der Waals surface area contributed by atoms with Crippen molar-refractivity contribution in [2.45, 2.75) is 31.7 Å². The topological polar surface area (TPSA) is 131 Å². The quantitative estimate of drug-likeness (QED) is 0.331. The van der Waals surface area contributed by atoms with Crippen LogP contribution in [0, 0.1) is 17.3 Å². The van der Waals surface area contributed by atoms with E-state index >= 15 is 0 Å². The Morgan fingerprint density at radius 1 is 1.13 bits per heavy atom. The zero-order valence-electron chi connectivity index (χ0n) is 22.6. The number of aliphatic hydroxyl groups is 1. The molecule has 3 aliphatic heterocycles. The number of rotatable bonds is 9. The largest absolute Gasteiger partial charge is 0.396 e. The smallest absolute Gasteiger partial charge is 0.257 e. The first kappa shape index (κ1) is 27.3. The molecular formula is C28H37N5O6. The fourth-order valence-electron chi connectivity index (χ4n) is 6.38. The van der Waals surface area contributed by atoms with Crippen molar-refractivity contribution in [1.29, 1.82) is 0 Å². The van der Waals surface area contributed by atoms with Crippen LogP contribution in [0.5, 0.6) is 0 Å². The van der Waals surface area contributed by atoms with Crippen LogP contribution < -0.4 is 10.2 Å². The van der Waals surface area contributed by atoms with Crippen LogP contribution >= 0.6 is 0 Å². The Hall–Kier alpha value is -3.31. The summed E-state index contributed by atoms with van der Waals surface area (Å²) in [6.07, 6.45) is 2.99. The number of piperidine rings is 1. The highest BCUT2D eigenvalue weighted by Crippen LogP contribution is 2.45. The summed E-state index contributed by atoms with van der Waals surface area (Å²) in [7, 11) is 3.34. The van der Waals surface area contributed by atoms with Gasteiger partial charge in [-0.1, -0.05) is 12.1 Å². The second-order valence-electron chi connectivity index (χ2n) is 11.8. The average Bonchev–Trinajstić information content (AvgIpc) is 3.43. The number of nitrogens with one attached hydrogen (secondary N) is 1. The monoisotopic (exact) mass is 539 g/mol. The van der Waals surface area contributed by atoms with Crippen molar-refractivity contribution in [2.24, 2.45) is 17.3 Å². The van der Waals surface area contributed by atoms with Gasteiger partial charge in [0.25, 0.3) is 5.91 Å². The molecule has 0 radical (unpaired) electrons. The van der Waals surface area contributed by atoms with Crippen LogP contribution in [0.4, 0.5) is 5.69 Å². The van der Waals surface area contributed by atoms with E-state index in [2.05, 4.69) is 15.1 Å². The van der Waals surface area contributed by atoms with Gasteiger partial charge in [-0.3, -0.25) is 34.2 Å². The molecule has 2 N–H and O–H groups in total. The number of aldehydes is 1. The van der Waals surface area contributed by atoms with E-state index in [4.69, 9.17) is 0 Å². The molecule has 0 aromatic heterocycles. The molecule has 3 unspecified atom stereocenters. The summed E-state index contributed by atoms with van der Waals surface area (Å²) in [5, 5.41) is 11.9. The molecule has 210 valence electrons. The second-order valence-corrected chi connectivity index (χ2v) is 11.8. The van der Waals surface area contributed by atoms with Crippen LogP contribution in [0.1, 0.15) is 46.4 Å². The van der Waals surface area contributed by atoms with Gasteiger partial charge in [0.2, 0.25) is 17.7 Å². The number of likely N-dealkylation sites (tertiary alicyclic amines) is 1. The predicted octanol–water partition coefficient (Wildman–Crippen LogP) is -0.0248. The molecule has 5 rings (SSSR count). The zero-order chi connectivity index (χ0) is 27.9. The molecule has 3 saturated heterocycles. The highest BCUT2D eigenvalue weighted by Gasteiger charge is 2.45. The molecule has 1 aromatic rings. The third-order valence-corrected chi connectivity index (χ3v) is 8.97. The van der Waals surface area contributed by atoms with Crippen molar-refractivity contribution in [3.8, 4) is 0 Å². The van der Waals surface area contributed by atoms with Gasteiger partial charge in [-0.05, 0) is 37.2 Å². The number of hydrogen-bond acceptors (Lipinski definition) is 8. The van der Waals surface area contributed by atoms with Gasteiger partial charge in [0.05, 0.1) is 24.4 Å². The van der Waals surface area contributed by atoms with Crippen LogP contribution in [-0.4, -0.2) is 116 Å². The van der Waals surface area contributed by atoms with Crippen molar-refractivity contribution in [3.05, 3.63) is 29.3 Å². The molecule has 39 heavy (non-hydrogen) atoms. The van der Waals surface area contributed by atoms with Crippen molar-refractivity contribution >= 4 is 35.6 Å². The first-order valence-electron chi connectivity index (χ1n) is 13.7. The number of anilines is 1. The first-order chi connectivity index (χ1) is 18.6. The Labute approximate surface area is 228 Å². The molecule has 3 heterocycles. The molecule has 3 atom stereocenters. The van der Waals surface area contributed by atoms with Gasteiger partial charge in [0.1, 0.15) is 6.04 Å². The maximum atomic E-state index is 13.6. The van der Waals surface area contributed by atoms with E-state index in [1.165, 1.54) is 11.9 Å². The summed E-state index contributed by atoms with van der Waals surface area (Å²) < 4.78 is 0. The number of imide groups is 1. The van der Waals surface area contributed by atoms with Crippen LogP contribution in [0.3, 0.4) is 0 Å². The molecule has 4 aliphatic rings. The number of hydrogen-bond donors (Lipinski definition) is 2. The lowest BCUT2D eigenvalue weighted by Gasteiger charge is -2.32. The minimum atomic E-state index is -0.780. The Bertz CT molecular complexity index is 1170. The summed E-state index contributed by atoms with van der Waals surface area (Å²) in [6.45, 7) is 4.01. The van der Waals surface area contributed by atoms with Gasteiger partial charge in [0, 0.05) is 64.2 Å². The SMILES string of the molecule is CN(CC1(CO)CC1)C(=O)CN1CC2CN(c3cccc(C=O)c3C(=O)N(C)C3CCC(=O)NC3=O)CC2C1. The molecule has 1 aromatic carbocycles. The molecule has 1 saturated carbocycles. The summed E-state index contributed by atoms with van der Waals surface area (Å²) in [5.41, 5.74) is 1.09. The van der Waals surface area contributed by atoms with Crippen molar-refractivity contribution in [3.63, 3.8) is 0 Å². The Morgan fingerprint density at radius 3 is 2.41 bits per heavy atom. The molecular weight excluding hydrogens is 502 g/mol. The van der Waals surface area contributed by atoms with Gasteiger partial charge in [-0.2, -0.15) is 0 Å². The number of fused-ring (bicyclic) bond motifs is 1. The summed E-state index contributed by atoms with van der Waals surface area (Å²) >= 11 is 0. The average molecular weight is 540 g/mol. The molecule has 11 heteroatoms. The number of aliphatic hydroxyl groups excluding tert-OH is 1. The third kappa shape index (κ3) is 5.42. The zero-order valence-corrected chi connectivity index (χ0v) is 22.6. The molecule has 4 amide bonds. The van der Waals surface area contributed by atoms with E-state index in [1.807, 2.05) is 6.07 Å². The number of carbonyl (C=O) groups is 5. The first-order valence-corrected chi connectivity index (χ1v) is 13.7. The fraction of sp³-hybridized carbons (Fsp3) is 0.607. The highest BCUT2D eigenvalue weighted by molar-refractivity contribution is 6.09. The fourth-order valence-corrected chi connectivity index (χ4v) is 6.38. The van der Waals surface area contributed by atoms with E-state index in [0.717, 1.165) is 25.9 Å².